The summed E-state index contributed by atoms with van der Waals surface area (Å²) in [4.78, 5) is 17.9. The SMILES string of the molecule is CCn1cc(-c2nc(O)c(C)c(=O)[nH]2)cn1. The van der Waals surface area contributed by atoms with E-state index in [2.05, 4.69) is 15.1 Å². The molecule has 0 radical (unpaired) electrons. The van der Waals surface area contributed by atoms with Crippen molar-refractivity contribution in [3.8, 4) is 17.3 Å². The number of nitrogens with zero attached hydrogens (tertiary/aromatic N) is 3. The lowest BCUT2D eigenvalue weighted by Crippen LogP contribution is -2.11. The van der Waals surface area contributed by atoms with Crippen molar-refractivity contribution in [3.05, 3.63) is 28.3 Å². The van der Waals surface area contributed by atoms with Crippen LogP contribution in [0, 0.1) is 6.92 Å². The maximum Gasteiger partial charge on any atom is 0.257 e. The van der Waals surface area contributed by atoms with Crippen molar-refractivity contribution in [2.24, 2.45) is 0 Å². The third kappa shape index (κ3) is 1.69. The van der Waals surface area contributed by atoms with Crippen molar-refractivity contribution in [3.63, 3.8) is 0 Å². The summed E-state index contributed by atoms with van der Waals surface area (Å²) in [5.41, 5.74) is 0.549. The Bertz CT molecular complexity index is 570. The van der Waals surface area contributed by atoms with Gasteiger partial charge in [-0.2, -0.15) is 10.1 Å². The van der Waals surface area contributed by atoms with E-state index in [0.29, 0.717) is 11.4 Å². The summed E-state index contributed by atoms with van der Waals surface area (Å²) >= 11 is 0. The first-order valence-electron chi connectivity index (χ1n) is 4.94. The van der Waals surface area contributed by atoms with Crippen LogP contribution in [0.25, 0.3) is 11.4 Å². The van der Waals surface area contributed by atoms with Crippen LogP contribution in [0.4, 0.5) is 0 Å². The highest BCUT2D eigenvalue weighted by molar-refractivity contribution is 5.52. The quantitative estimate of drug-likeness (QED) is 0.779. The van der Waals surface area contributed by atoms with Gasteiger partial charge in [0, 0.05) is 12.7 Å². The second-order valence-corrected chi connectivity index (χ2v) is 3.45. The molecule has 0 aliphatic heterocycles. The molecule has 0 aliphatic carbocycles. The Morgan fingerprint density at radius 3 is 2.88 bits per heavy atom. The molecule has 2 heterocycles. The number of rotatable bonds is 2. The van der Waals surface area contributed by atoms with Crippen molar-refractivity contribution in [2.45, 2.75) is 20.4 Å². The van der Waals surface area contributed by atoms with E-state index in [1.165, 1.54) is 6.92 Å². The first-order chi connectivity index (χ1) is 7.61. The summed E-state index contributed by atoms with van der Waals surface area (Å²) in [5.74, 6) is 0.0794. The molecule has 6 nitrogen and oxygen atoms in total. The molecule has 0 atom stereocenters. The molecule has 0 saturated heterocycles. The van der Waals surface area contributed by atoms with Gasteiger partial charge in [0.05, 0.1) is 17.3 Å². The molecule has 0 saturated carbocycles. The van der Waals surface area contributed by atoms with E-state index in [0.717, 1.165) is 6.54 Å². The summed E-state index contributed by atoms with van der Waals surface area (Å²) in [6, 6.07) is 0. The van der Waals surface area contributed by atoms with Crippen LogP contribution in [0.3, 0.4) is 0 Å². The number of aryl methyl sites for hydroxylation is 1. The van der Waals surface area contributed by atoms with Gasteiger partial charge < -0.3 is 10.1 Å². The zero-order valence-electron chi connectivity index (χ0n) is 9.06. The first-order valence-corrected chi connectivity index (χ1v) is 4.94. The average Bonchev–Trinajstić information content (AvgIpc) is 2.73. The maximum atomic E-state index is 11.4. The van der Waals surface area contributed by atoms with Gasteiger partial charge in [-0.25, -0.2) is 0 Å². The molecule has 0 bridgehead atoms. The second kappa shape index (κ2) is 3.80. The van der Waals surface area contributed by atoms with Gasteiger partial charge in [0.25, 0.3) is 5.56 Å². The lowest BCUT2D eigenvalue weighted by atomic mass is 10.3. The monoisotopic (exact) mass is 220 g/mol. The molecular weight excluding hydrogens is 208 g/mol. The zero-order valence-corrected chi connectivity index (χ0v) is 9.06. The minimum atomic E-state index is -0.341. The van der Waals surface area contributed by atoms with Gasteiger partial charge in [0.1, 0.15) is 5.82 Å². The molecule has 0 fully saturated rings. The third-order valence-corrected chi connectivity index (χ3v) is 2.36. The predicted octanol–water partition coefficient (Wildman–Crippen LogP) is 0.667. The van der Waals surface area contributed by atoms with Crippen LogP contribution in [-0.2, 0) is 6.54 Å². The molecule has 2 rings (SSSR count). The number of nitrogens with one attached hydrogen (secondary N) is 1. The number of hydrogen-bond donors (Lipinski definition) is 2. The summed E-state index contributed by atoms with van der Waals surface area (Å²) in [6.45, 7) is 4.21. The number of aromatic amines is 1. The van der Waals surface area contributed by atoms with Gasteiger partial charge in [-0.05, 0) is 13.8 Å². The van der Waals surface area contributed by atoms with Crippen LogP contribution >= 0.6 is 0 Å². The normalized spacial score (nSPS) is 10.6. The number of hydrogen-bond acceptors (Lipinski definition) is 4. The molecular formula is C10H12N4O2. The standard InChI is InChI=1S/C10H12N4O2/c1-3-14-5-7(4-11-14)8-12-9(15)6(2)10(16)13-8/h4-5H,3H2,1-2H3,(H2,12,13,15,16). The third-order valence-electron chi connectivity index (χ3n) is 2.36. The van der Waals surface area contributed by atoms with Crippen molar-refractivity contribution in [2.75, 3.05) is 0 Å². The Hall–Kier alpha value is -2.11. The highest BCUT2D eigenvalue weighted by atomic mass is 16.3. The molecule has 0 aliphatic rings. The molecule has 2 N–H and O–H groups in total. The highest BCUT2D eigenvalue weighted by Crippen LogP contribution is 2.16. The van der Waals surface area contributed by atoms with Crippen LogP contribution in [0.5, 0.6) is 5.88 Å². The molecule has 2 aromatic heterocycles. The second-order valence-electron chi connectivity index (χ2n) is 3.45. The lowest BCUT2D eigenvalue weighted by Gasteiger charge is -2.00. The fourth-order valence-corrected chi connectivity index (χ4v) is 1.32. The van der Waals surface area contributed by atoms with E-state index < -0.39 is 0 Å². The van der Waals surface area contributed by atoms with Crippen LogP contribution in [0.1, 0.15) is 12.5 Å². The van der Waals surface area contributed by atoms with Crippen molar-refractivity contribution >= 4 is 0 Å². The van der Waals surface area contributed by atoms with Crippen molar-refractivity contribution < 1.29 is 5.11 Å². The summed E-state index contributed by atoms with van der Waals surface area (Å²) < 4.78 is 1.71. The lowest BCUT2D eigenvalue weighted by molar-refractivity contribution is 0.447. The fraction of sp³-hybridized carbons (Fsp3) is 0.300. The van der Waals surface area contributed by atoms with E-state index in [1.54, 1.807) is 17.1 Å². The Morgan fingerprint density at radius 2 is 2.31 bits per heavy atom. The van der Waals surface area contributed by atoms with Gasteiger partial charge in [0.15, 0.2) is 0 Å². The molecule has 0 spiro atoms. The van der Waals surface area contributed by atoms with E-state index >= 15 is 0 Å². The van der Waals surface area contributed by atoms with E-state index in [1.807, 2.05) is 6.92 Å². The van der Waals surface area contributed by atoms with Gasteiger partial charge in [0.2, 0.25) is 5.88 Å². The van der Waals surface area contributed by atoms with Gasteiger partial charge in [-0.15, -0.1) is 0 Å². The Morgan fingerprint density at radius 1 is 1.56 bits per heavy atom. The van der Waals surface area contributed by atoms with Crippen molar-refractivity contribution in [1.29, 1.82) is 0 Å². The maximum absolute atomic E-state index is 11.4. The summed E-state index contributed by atoms with van der Waals surface area (Å²) in [7, 11) is 0. The number of aromatic hydroxyl groups is 1. The minimum Gasteiger partial charge on any atom is -0.493 e. The molecule has 2 aromatic rings. The van der Waals surface area contributed by atoms with E-state index in [9.17, 15) is 9.90 Å². The zero-order chi connectivity index (χ0) is 11.7. The fourth-order valence-electron chi connectivity index (χ4n) is 1.32. The Balaban J connectivity index is 2.52. The van der Waals surface area contributed by atoms with E-state index in [-0.39, 0.29) is 17.0 Å². The molecule has 0 aromatic carbocycles. The molecule has 0 amide bonds. The van der Waals surface area contributed by atoms with Gasteiger partial charge in [-0.1, -0.05) is 0 Å². The average molecular weight is 220 g/mol. The highest BCUT2D eigenvalue weighted by Gasteiger charge is 2.09. The van der Waals surface area contributed by atoms with Crippen molar-refractivity contribution in [1.82, 2.24) is 19.7 Å². The smallest absolute Gasteiger partial charge is 0.257 e. The van der Waals surface area contributed by atoms with Crippen LogP contribution in [0.15, 0.2) is 17.2 Å². The summed E-state index contributed by atoms with van der Waals surface area (Å²) in [5, 5.41) is 13.5. The minimum absolute atomic E-state index is 0.214. The summed E-state index contributed by atoms with van der Waals surface area (Å²) in [6.07, 6.45) is 3.35. The van der Waals surface area contributed by atoms with Gasteiger partial charge in [-0.3, -0.25) is 9.48 Å². The molecule has 0 unspecified atom stereocenters. The topological polar surface area (TPSA) is 83.8 Å². The number of aromatic nitrogens is 4. The van der Waals surface area contributed by atoms with Crippen LogP contribution in [0.2, 0.25) is 0 Å². The Labute approximate surface area is 91.6 Å². The predicted molar refractivity (Wildman–Crippen MR) is 58.2 cm³/mol. The first kappa shape index (κ1) is 10.4. The van der Waals surface area contributed by atoms with Crippen LogP contribution in [-0.4, -0.2) is 24.9 Å². The molecule has 16 heavy (non-hydrogen) atoms. The Kier molecular flexibility index (Phi) is 2.47. The largest absolute Gasteiger partial charge is 0.493 e. The molecule has 6 heteroatoms. The molecule has 84 valence electrons. The van der Waals surface area contributed by atoms with E-state index in [4.69, 9.17) is 0 Å². The number of H-pyrrole nitrogens is 1. The van der Waals surface area contributed by atoms with Gasteiger partial charge >= 0.3 is 0 Å². The van der Waals surface area contributed by atoms with Crippen LogP contribution < -0.4 is 5.56 Å².